The van der Waals surface area contributed by atoms with E-state index < -0.39 is 18.9 Å². The van der Waals surface area contributed by atoms with Crippen LogP contribution in [-0.2, 0) is 10.1 Å². The first-order chi connectivity index (χ1) is 7.21. The Labute approximate surface area is 115 Å². The van der Waals surface area contributed by atoms with Crippen LogP contribution < -0.4 is 5.32 Å². The SMILES string of the molecule is O=S(=O)(O)CCCCNCCC[Si](O)(O)O.[LiH]. The first-order valence-corrected chi connectivity index (χ1v) is 8.69. The van der Waals surface area contributed by atoms with Crippen molar-refractivity contribution in [3.8, 4) is 0 Å². The van der Waals surface area contributed by atoms with Crippen molar-refractivity contribution in [1.29, 1.82) is 0 Å². The van der Waals surface area contributed by atoms with Crippen LogP contribution in [0.15, 0.2) is 0 Å². The molecule has 0 fully saturated rings. The number of nitrogens with one attached hydrogen (secondary N) is 1. The Kier molecular flexibility index (Phi) is 11.1. The number of hydrogen-bond acceptors (Lipinski definition) is 6. The number of rotatable bonds is 9. The van der Waals surface area contributed by atoms with Crippen LogP contribution >= 0.6 is 0 Å². The monoisotopic (exact) mass is 281 g/mol. The molecule has 0 aliphatic heterocycles. The summed E-state index contributed by atoms with van der Waals surface area (Å²) in [5.74, 6) is -0.241. The summed E-state index contributed by atoms with van der Waals surface area (Å²) in [7, 11) is -7.77. The molecule has 10 heteroatoms. The summed E-state index contributed by atoms with van der Waals surface area (Å²) in [6.07, 6.45) is 1.44. The van der Waals surface area contributed by atoms with E-state index in [1.807, 2.05) is 0 Å². The standard InChI is InChI=1S/C7H19NO6SSi.Li.H/c9-15(10,11)6-2-1-4-8-5-3-7-16(12,13)14;;/h8,12-14H,1-7H2,(H,9,10,11);;. The zero-order valence-corrected chi connectivity index (χ0v) is 10.8. The topological polar surface area (TPSA) is 127 Å². The number of hydrogen-bond donors (Lipinski definition) is 5. The van der Waals surface area contributed by atoms with Gasteiger partial charge in [-0.15, -0.1) is 0 Å². The Bertz CT molecular complexity index is 281. The second kappa shape index (κ2) is 9.49. The Morgan fingerprint density at radius 3 is 2.00 bits per heavy atom. The van der Waals surface area contributed by atoms with Gasteiger partial charge in [0.2, 0.25) is 0 Å². The van der Waals surface area contributed by atoms with E-state index in [0.29, 0.717) is 32.4 Å². The van der Waals surface area contributed by atoms with E-state index in [1.165, 1.54) is 0 Å². The third-order valence-electron chi connectivity index (χ3n) is 1.87. The Balaban J connectivity index is 0. The molecule has 5 N–H and O–H groups in total. The summed E-state index contributed by atoms with van der Waals surface area (Å²) in [6.45, 7) is 1.12. The van der Waals surface area contributed by atoms with Crippen LogP contribution in [0.3, 0.4) is 0 Å². The maximum atomic E-state index is 10.3. The number of unbranched alkanes of at least 4 members (excludes halogenated alkanes) is 1. The molecule has 17 heavy (non-hydrogen) atoms. The molecular formula is C7H20LiNO6SSi. The van der Waals surface area contributed by atoms with Gasteiger partial charge in [-0.2, -0.15) is 8.42 Å². The zero-order valence-electron chi connectivity index (χ0n) is 8.96. The minimum absolute atomic E-state index is 0. The third-order valence-corrected chi connectivity index (χ3v) is 3.70. The molecule has 0 spiro atoms. The molecule has 100 valence electrons. The molecule has 0 atom stereocenters. The molecule has 0 amide bonds. The second-order valence-electron chi connectivity index (χ2n) is 3.62. The Morgan fingerprint density at radius 2 is 1.53 bits per heavy atom. The van der Waals surface area contributed by atoms with Gasteiger partial charge in [-0.3, -0.25) is 4.55 Å². The Morgan fingerprint density at radius 1 is 1.00 bits per heavy atom. The molecule has 0 rings (SSSR count). The van der Waals surface area contributed by atoms with E-state index in [2.05, 4.69) is 5.32 Å². The van der Waals surface area contributed by atoms with Crippen molar-refractivity contribution < 1.29 is 27.4 Å². The fourth-order valence-corrected chi connectivity index (χ4v) is 2.33. The molecule has 0 saturated heterocycles. The van der Waals surface area contributed by atoms with Crippen molar-refractivity contribution in [2.24, 2.45) is 0 Å². The maximum absolute atomic E-state index is 10.3. The molecule has 0 unspecified atom stereocenters. The van der Waals surface area contributed by atoms with Gasteiger partial charge in [0.05, 0.1) is 5.75 Å². The fourth-order valence-electron chi connectivity index (χ4n) is 1.11. The first kappa shape index (κ1) is 19.9. The summed E-state index contributed by atoms with van der Waals surface area (Å²) in [6, 6.07) is -0.00891. The Hall–Kier alpha value is 0.564. The van der Waals surface area contributed by atoms with Crippen LogP contribution in [0.2, 0.25) is 6.04 Å². The van der Waals surface area contributed by atoms with Crippen molar-refractivity contribution in [2.75, 3.05) is 18.8 Å². The van der Waals surface area contributed by atoms with Crippen molar-refractivity contribution in [2.45, 2.75) is 25.3 Å². The normalized spacial score (nSPS) is 12.2. The van der Waals surface area contributed by atoms with Crippen molar-refractivity contribution in [3.63, 3.8) is 0 Å². The summed E-state index contributed by atoms with van der Waals surface area (Å²) >= 11 is 0. The van der Waals surface area contributed by atoms with Gasteiger partial charge < -0.3 is 19.7 Å². The molecular weight excluding hydrogens is 261 g/mol. The van der Waals surface area contributed by atoms with Crippen LogP contribution in [0.5, 0.6) is 0 Å². The summed E-state index contributed by atoms with van der Waals surface area (Å²) < 4.78 is 29.1. The van der Waals surface area contributed by atoms with Gasteiger partial charge in [-0.05, 0) is 32.4 Å². The molecule has 0 aromatic rings. The molecule has 0 aromatic carbocycles. The molecule has 0 aromatic heterocycles. The second-order valence-corrected chi connectivity index (χ2v) is 7.24. The van der Waals surface area contributed by atoms with Crippen molar-refractivity contribution in [3.05, 3.63) is 0 Å². The third kappa shape index (κ3) is 19.1. The average molecular weight is 281 g/mol. The first-order valence-electron chi connectivity index (χ1n) is 5.04. The molecule has 0 heterocycles. The van der Waals surface area contributed by atoms with Crippen LogP contribution in [0.1, 0.15) is 19.3 Å². The summed E-state index contributed by atoms with van der Waals surface area (Å²) in [4.78, 5) is 26.0. The van der Waals surface area contributed by atoms with Crippen LogP contribution in [-0.4, -0.2) is 73.9 Å². The molecule has 7 nitrogen and oxygen atoms in total. The van der Waals surface area contributed by atoms with Gasteiger partial charge in [0.25, 0.3) is 10.1 Å². The minimum atomic E-state index is -3.91. The predicted molar refractivity (Wildman–Crippen MR) is 67.5 cm³/mol. The van der Waals surface area contributed by atoms with Gasteiger partial charge >= 0.3 is 27.7 Å². The average Bonchev–Trinajstić information content (AvgIpc) is 2.06. The van der Waals surface area contributed by atoms with Crippen molar-refractivity contribution >= 4 is 37.8 Å². The van der Waals surface area contributed by atoms with E-state index >= 15 is 0 Å². The van der Waals surface area contributed by atoms with Crippen LogP contribution in [0, 0.1) is 0 Å². The molecule has 0 bridgehead atoms. The molecule has 0 aliphatic carbocycles. The predicted octanol–water partition coefficient (Wildman–Crippen LogP) is -2.10. The summed E-state index contributed by atoms with van der Waals surface area (Å²) in [5.41, 5.74) is 0. The van der Waals surface area contributed by atoms with Crippen molar-refractivity contribution in [1.82, 2.24) is 5.32 Å². The van der Waals surface area contributed by atoms with Gasteiger partial charge in [-0.25, -0.2) is 0 Å². The molecule has 0 radical (unpaired) electrons. The zero-order chi connectivity index (χ0) is 12.7. The van der Waals surface area contributed by atoms with E-state index in [1.54, 1.807) is 0 Å². The summed E-state index contributed by atoms with van der Waals surface area (Å²) in [5, 5.41) is 2.96. The van der Waals surface area contributed by atoms with E-state index in [9.17, 15) is 8.42 Å². The van der Waals surface area contributed by atoms with E-state index in [4.69, 9.17) is 18.9 Å². The van der Waals surface area contributed by atoms with Crippen LogP contribution in [0.25, 0.3) is 0 Å². The van der Waals surface area contributed by atoms with E-state index in [0.717, 1.165) is 0 Å². The molecule has 0 aliphatic rings. The van der Waals surface area contributed by atoms with Gasteiger partial charge in [0.15, 0.2) is 0 Å². The fraction of sp³-hybridized carbons (Fsp3) is 1.00. The van der Waals surface area contributed by atoms with Gasteiger partial charge in [0.1, 0.15) is 0 Å². The van der Waals surface area contributed by atoms with E-state index in [-0.39, 0.29) is 30.7 Å². The van der Waals surface area contributed by atoms with Gasteiger partial charge in [-0.1, -0.05) is 0 Å². The van der Waals surface area contributed by atoms with Gasteiger partial charge in [0, 0.05) is 6.04 Å². The quantitative estimate of drug-likeness (QED) is 0.186. The molecule has 0 saturated carbocycles. The van der Waals surface area contributed by atoms with Crippen LogP contribution in [0.4, 0.5) is 0 Å².